The molecular weight excluding hydrogens is 273 g/mol. The average molecular weight is 295 g/mol. The normalized spacial score (nSPS) is 16.7. The van der Waals surface area contributed by atoms with Crippen LogP contribution in [0.2, 0.25) is 0 Å². The van der Waals surface area contributed by atoms with E-state index in [1.807, 2.05) is 0 Å². The topological polar surface area (TPSA) is 49.8 Å². The van der Waals surface area contributed by atoms with E-state index in [0.717, 1.165) is 25.7 Å². The lowest BCUT2D eigenvalue weighted by molar-refractivity contribution is -0.140. The Morgan fingerprint density at radius 3 is 2.57 bits per heavy atom. The molecule has 1 aliphatic rings. The predicted molar refractivity (Wildman–Crippen MR) is 77.5 cm³/mol. The first-order valence-corrected chi connectivity index (χ1v) is 7.45. The van der Waals surface area contributed by atoms with E-state index in [1.54, 1.807) is 11.8 Å². The number of hydrogen-bond donors (Lipinski definition) is 1. The van der Waals surface area contributed by atoms with Gasteiger partial charge in [-0.1, -0.05) is 12.8 Å². The van der Waals surface area contributed by atoms with Crippen LogP contribution in [0, 0.1) is 5.82 Å². The van der Waals surface area contributed by atoms with Gasteiger partial charge in [-0.3, -0.25) is 4.79 Å². The first-order valence-electron chi connectivity index (χ1n) is 7.45. The van der Waals surface area contributed by atoms with E-state index in [1.165, 1.54) is 24.3 Å². The Labute approximate surface area is 124 Å². The van der Waals surface area contributed by atoms with Crippen molar-refractivity contribution in [3.63, 3.8) is 0 Å². The summed E-state index contributed by atoms with van der Waals surface area (Å²) in [5, 5.41) is 9.17. The largest absolute Gasteiger partial charge is 0.481 e. The number of benzene rings is 1. The van der Waals surface area contributed by atoms with Gasteiger partial charge in [0, 0.05) is 12.6 Å². The van der Waals surface area contributed by atoms with E-state index >= 15 is 0 Å². The Balaban J connectivity index is 1.99. The number of amides is 1. The highest BCUT2D eigenvalue weighted by atomic mass is 19.1. The number of carbonyl (C=O) groups excluding carboxylic acids is 1. The third kappa shape index (κ3) is 4.17. The fraction of sp³-hybridized carbons (Fsp3) is 0.562. The zero-order valence-corrected chi connectivity index (χ0v) is 12.3. The van der Waals surface area contributed by atoms with Crippen molar-refractivity contribution in [3.05, 3.63) is 30.1 Å². The monoisotopic (exact) mass is 295 g/mol. The van der Waals surface area contributed by atoms with Gasteiger partial charge in [-0.2, -0.15) is 0 Å². The van der Waals surface area contributed by atoms with Crippen LogP contribution in [0.4, 0.5) is 4.39 Å². The lowest BCUT2D eigenvalue weighted by atomic mass is 10.2. The summed E-state index contributed by atoms with van der Waals surface area (Å²) in [5.41, 5.74) is 0. The van der Waals surface area contributed by atoms with Gasteiger partial charge < -0.3 is 14.7 Å². The quantitative estimate of drug-likeness (QED) is 0.876. The van der Waals surface area contributed by atoms with Crippen molar-refractivity contribution in [2.75, 3.05) is 13.2 Å². The zero-order valence-electron chi connectivity index (χ0n) is 12.3. The van der Waals surface area contributed by atoms with E-state index in [2.05, 4.69) is 0 Å². The molecule has 21 heavy (non-hydrogen) atoms. The predicted octanol–water partition coefficient (Wildman–Crippen LogP) is 2.36. The van der Waals surface area contributed by atoms with E-state index < -0.39 is 6.10 Å². The number of aliphatic hydroxyl groups excluding tert-OH is 1. The molecular formula is C16H22FNO3. The second-order valence-corrected chi connectivity index (χ2v) is 5.41. The van der Waals surface area contributed by atoms with Crippen LogP contribution < -0.4 is 4.74 Å². The van der Waals surface area contributed by atoms with Gasteiger partial charge in [0.1, 0.15) is 11.6 Å². The van der Waals surface area contributed by atoms with Gasteiger partial charge in [-0.25, -0.2) is 4.39 Å². The van der Waals surface area contributed by atoms with Crippen LogP contribution in [0.3, 0.4) is 0 Å². The Bertz CT molecular complexity index is 457. The van der Waals surface area contributed by atoms with E-state index in [4.69, 9.17) is 4.74 Å². The Morgan fingerprint density at radius 1 is 1.38 bits per heavy atom. The van der Waals surface area contributed by atoms with E-state index in [9.17, 15) is 14.3 Å². The molecule has 1 saturated carbocycles. The van der Waals surface area contributed by atoms with Crippen molar-refractivity contribution in [2.24, 2.45) is 0 Å². The summed E-state index contributed by atoms with van der Waals surface area (Å²) in [6.45, 7) is 1.97. The lowest BCUT2D eigenvalue weighted by Gasteiger charge is -2.30. The second-order valence-electron chi connectivity index (χ2n) is 5.41. The number of nitrogens with zero attached hydrogens (tertiary/aromatic N) is 1. The van der Waals surface area contributed by atoms with Crippen molar-refractivity contribution in [2.45, 2.75) is 44.8 Å². The maximum Gasteiger partial charge on any atom is 0.263 e. The molecule has 1 fully saturated rings. The molecule has 0 heterocycles. The van der Waals surface area contributed by atoms with Crippen molar-refractivity contribution in [1.82, 2.24) is 4.90 Å². The fourth-order valence-corrected chi connectivity index (χ4v) is 2.80. The fourth-order valence-electron chi connectivity index (χ4n) is 2.80. The summed E-state index contributed by atoms with van der Waals surface area (Å²) < 4.78 is 18.4. The maximum atomic E-state index is 12.9. The van der Waals surface area contributed by atoms with Gasteiger partial charge >= 0.3 is 0 Å². The number of rotatable bonds is 6. The van der Waals surface area contributed by atoms with Crippen LogP contribution >= 0.6 is 0 Å². The Hall–Kier alpha value is -1.62. The molecule has 116 valence electrons. The Kier molecular flexibility index (Phi) is 5.56. The number of ether oxygens (including phenoxy) is 1. The highest BCUT2D eigenvalue weighted by Gasteiger charge is 2.30. The molecule has 1 aromatic rings. The summed E-state index contributed by atoms with van der Waals surface area (Å²) in [4.78, 5) is 14.2. The third-order valence-electron chi connectivity index (χ3n) is 3.86. The smallest absolute Gasteiger partial charge is 0.263 e. The highest BCUT2D eigenvalue weighted by molar-refractivity contribution is 5.81. The van der Waals surface area contributed by atoms with Crippen molar-refractivity contribution >= 4 is 5.91 Å². The SMILES string of the molecule is CC(Oc1ccc(F)cc1)C(=O)N(CCO)C1CCCC1. The minimum Gasteiger partial charge on any atom is -0.481 e. The van der Waals surface area contributed by atoms with Gasteiger partial charge in [0.2, 0.25) is 0 Å². The third-order valence-corrected chi connectivity index (χ3v) is 3.86. The first-order chi connectivity index (χ1) is 10.1. The van der Waals surface area contributed by atoms with Crippen molar-refractivity contribution in [1.29, 1.82) is 0 Å². The molecule has 0 aromatic heterocycles. The average Bonchev–Trinajstić information content (AvgIpc) is 3.00. The van der Waals surface area contributed by atoms with Crippen molar-refractivity contribution < 1.29 is 19.0 Å². The van der Waals surface area contributed by atoms with Crippen LogP contribution in [0.15, 0.2) is 24.3 Å². The molecule has 1 amide bonds. The van der Waals surface area contributed by atoms with E-state index in [-0.39, 0.29) is 24.4 Å². The molecule has 0 aliphatic heterocycles. The van der Waals surface area contributed by atoms with Gasteiger partial charge in [0.05, 0.1) is 6.61 Å². The number of carbonyl (C=O) groups is 1. The van der Waals surface area contributed by atoms with Crippen molar-refractivity contribution in [3.8, 4) is 5.75 Å². The highest BCUT2D eigenvalue weighted by Crippen LogP contribution is 2.24. The van der Waals surface area contributed by atoms with Crippen LogP contribution in [0.1, 0.15) is 32.6 Å². The zero-order chi connectivity index (χ0) is 15.2. The molecule has 1 atom stereocenters. The molecule has 4 nitrogen and oxygen atoms in total. The van der Waals surface area contributed by atoms with Crippen LogP contribution in [-0.2, 0) is 4.79 Å². The van der Waals surface area contributed by atoms with Gasteiger partial charge in [0.25, 0.3) is 5.91 Å². The van der Waals surface area contributed by atoms with Gasteiger partial charge in [-0.15, -0.1) is 0 Å². The van der Waals surface area contributed by atoms with Gasteiger partial charge in [0.15, 0.2) is 6.10 Å². The molecule has 0 saturated heterocycles. The van der Waals surface area contributed by atoms with E-state index in [0.29, 0.717) is 12.3 Å². The van der Waals surface area contributed by atoms with Gasteiger partial charge in [-0.05, 0) is 44.0 Å². The molecule has 1 aliphatic carbocycles. The minimum atomic E-state index is -0.650. The van der Waals surface area contributed by atoms with Crippen LogP contribution in [0.5, 0.6) is 5.75 Å². The molecule has 0 radical (unpaired) electrons. The summed E-state index contributed by atoms with van der Waals surface area (Å²) in [5.74, 6) is 0.00193. The molecule has 0 bridgehead atoms. The van der Waals surface area contributed by atoms with Crippen LogP contribution in [0.25, 0.3) is 0 Å². The minimum absolute atomic E-state index is 0.0501. The lowest BCUT2D eigenvalue weighted by Crippen LogP contribution is -2.46. The first kappa shape index (κ1) is 15.8. The summed E-state index contributed by atoms with van der Waals surface area (Å²) in [7, 11) is 0. The molecule has 1 N–H and O–H groups in total. The summed E-state index contributed by atoms with van der Waals surface area (Å²) >= 11 is 0. The molecule has 1 aromatic carbocycles. The molecule has 5 heteroatoms. The number of aliphatic hydroxyl groups is 1. The number of hydrogen-bond acceptors (Lipinski definition) is 3. The van der Waals surface area contributed by atoms with Crippen LogP contribution in [-0.4, -0.2) is 41.2 Å². The molecule has 2 rings (SSSR count). The second kappa shape index (κ2) is 7.41. The number of halogens is 1. The summed E-state index contributed by atoms with van der Waals surface area (Å²) in [6, 6.07) is 5.81. The Morgan fingerprint density at radius 2 is 2.00 bits per heavy atom. The maximum absolute atomic E-state index is 12.9. The standard InChI is InChI=1S/C16H22FNO3/c1-12(21-15-8-6-13(17)7-9-15)16(20)18(10-11-19)14-4-2-3-5-14/h6-9,12,14,19H,2-5,10-11H2,1H3. The summed E-state index contributed by atoms with van der Waals surface area (Å²) in [6.07, 6.45) is 3.55. The molecule has 1 unspecified atom stereocenters. The molecule has 0 spiro atoms.